The first-order valence-corrected chi connectivity index (χ1v) is 6.31. The Morgan fingerprint density at radius 3 is 2.94 bits per heavy atom. The summed E-state index contributed by atoms with van der Waals surface area (Å²) >= 11 is 1.55. The molecule has 3 nitrogen and oxygen atoms in total. The molecule has 0 N–H and O–H groups in total. The van der Waals surface area contributed by atoms with Crippen LogP contribution in [0.3, 0.4) is 0 Å². The van der Waals surface area contributed by atoms with Crippen LogP contribution in [0.2, 0.25) is 0 Å². The van der Waals surface area contributed by atoms with E-state index in [1.165, 1.54) is 30.4 Å². The Bertz CT molecular complexity index is 430. The van der Waals surface area contributed by atoms with E-state index in [4.69, 9.17) is 9.47 Å². The van der Waals surface area contributed by atoms with Crippen LogP contribution in [0.4, 0.5) is 4.79 Å². The van der Waals surface area contributed by atoms with Gasteiger partial charge in [0, 0.05) is 4.90 Å². The van der Waals surface area contributed by atoms with Gasteiger partial charge < -0.3 is 9.47 Å². The Morgan fingerprint density at radius 1 is 1.25 bits per heavy atom. The highest BCUT2D eigenvalue weighted by Crippen LogP contribution is 2.31. The van der Waals surface area contributed by atoms with Gasteiger partial charge in [0.05, 0.1) is 0 Å². The van der Waals surface area contributed by atoms with Gasteiger partial charge in [-0.1, -0.05) is 17.8 Å². The lowest BCUT2D eigenvalue weighted by Crippen LogP contribution is -2.03. The van der Waals surface area contributed by atoms with E-state index >= 15 is 0 Å². The third-order valence-electron chi connectivity index (χ3n) is 2.90. The summed E-state index contributed by atoms with van der Waals surface area (Å²) in [5.74, 6) is 0. The molecular weight excluding hydrogens is 224 g/mol. The number of benzene rings is 1. The Labute approximate surface area is 98.1 Å². The maximum Gasteiger partial charge on any atom is 0.509 e. The van der Waals surface area contributed by atoms with Crippen molar-refractivity contribution in [1.29, 1.82) is 0 Å². The number of hydrogen-bond donors (Lipinski definition) is 0. The van der Waals surface area contributed by atoms with Gasteiger partial charge in [-0.25, -0.2) is 4.79 Å². The lowest BCUT2D eigenvalue weighted by atomic mass is 10.1. The van der Waals surface area contributed by atoms with Crippen LogP contribution < -0.4 is 0 Å². The van der Waals surface area contributed by atoms with Crippen molar-refractivity contribution in [3.8, 4) is 0 Å². The molecule has 0 radical (unpaired) electrons. The van der Waals surface area contributed by atoms with Crippen LogP contribution in [-0.4, -0.2) is 18.2 Å². The van der Waals surface area contributed by atoms with Gasteiger partial charge in [-0.3, -0.25) is 0 Å². The molecule has 1 heterocycles. The molecule has 0 aromatic heterocycles. The molecular formula is C12H12O3S. The summed E-state index contributed by atoms with van der Waals surface area (Å²) in [5.41, 5.74) is 2.71. The zero-order valence-electron chi connectivity index (χ0n) is 8.77. The number of carbonyl (C=O) groups is 1. The average molecular weight is 236 g/mol. The second-order valence-electron chi connectivity index (χ2n) is 4.01. The molecule has 0 amide bonds. The van der Waals surface area contributed by atoms with Gasteiger partial charge >= 0.3 is 6.16 Å². The van der Waals surface area contributed by atoms with Crippen LogP contribution in [-0.2, 0) is 22.3 Å². The highest BCUT2D eigenvalue weighted by atomic mass is 32.2. The molecule has 0 saturated carbocycles. The molecule has 2 aliphatic rings. The summed E-state index contributed by atoms with van der Waals surface area (Å²) in [4.78, 5) is 11.9. The molecule has 1 aromatic rings. The van der Waals surface area contributed by atoms with Crippen LogP contribution in [0.15, 0.2) is 23.1 Å². The molecule has 0 spiro atoms. The first-order chi connectivity index (χ1) is 7.81. The van der Waals surface area contributed by atoms with Gasteiger partial charge in [0.1, 0.15) is 6.61 Å². The van der Waals surface area contributed by atoms with E-state index in [-0.39, 0.29) is 5.44 Å². The minimum absolute atomic E-state index is 0.188. The molecule has 3 rings (SSSR count). The smallest absolute Gasteiger partial charge is 0.429 e. The number of thioether (sulfide) groups is 1. The fraction of sp³-hybridized carbons (Fsp3) is 0.417. The Kier molecular flexibility index (Phi) is 2.52. The van der Waals surface area contributed by atoms with Gasteiger partial charge in [0.15, 0.2) is 5.44 Å². The zero-order valence-corrected chi connectivity index (χ0v) is 9.59. The minimum atomic E-state index is -0.557. The number of aryl methyl sites for hydroxylation is 2. The Hall–Kier alpha value is -1.16. The minimum Gasteiger partial charge on any atom is -0.429 e. The summed E-state index contributed by atoms with van der Waals surface area (Å²) in [7, 11) is 0. The van der Waals surface area contributed by atoms with Crippen molar-refractivity contribution < 1.29 is 14.3 Å². The molecule has 4 heteroatoms. The molecule has 1 aromatic carbocycles. The number of rotatable bonds is 2. The van der Waals surface area contributed by atoms with Crippen LogP contribution in [0.25, 0.3) is 0 Å². The monoisotopic (exact) mass is 236 g/mol. The van der Waals surface area contributed by atoms with E-state index in [0.717, 1.165) is 4.90 Å². The second kappa shape index (κ2) is 4.01. The molecule has 16 heavy (non-hydrogen) atoms. The third kappa shape index (κ3) is 1.89. The van der Waals surface area contributed by atoms with Crippen molar-refractivity contribution in [2.45, 2.75) is 29.6 Å². The van der Waals surface area contributed by atoms with Gasteiger partial charge in [-0.15, -0.1) is 0 Å². The van der Waals surface area contributed by atoms with Crippen molar-refractivity contribution in [2.75, 3.05) is 6.61 Å². The summed E-state index contributed by atoms with van der Waals surface area (Å²) in [6.45, 7) is 0.348. The molecule has 1 aliphatic heterocycles. The molecule has 1 saturated heterocycles. The van der Waals surface area contributed by atoms with Crippen LogP contribution >= 0.6 is 11.8 Å². The van der Waals surface area contributed by atoms with E-state index in [1.807, 2.05) is 0 Å². The molecule has 84 valence electrons. The predicted molar refractivity (Wildman–Crippen MR) is 60.5 cm³/mol. The fourth-order valence-electron chi connectivity index (χ4n) is 2.14. The Balaban J connectivity index is 1.73. The first kappa shape index (κ1) is 10.0. The summed E-state index contributed by atoms with van der Waals surface area (Å²) < 4.78 is 9.73. The Morgan fingerprint density at radius 2 is 2.12 bits per heavy atom. The summed E-state index contributed by atoms with van der Waals surface area (Å²) in [6, 6.07) is 6.49. The molecule has 1 aliphatic carbocycles. The van der Waals surface area contributed by atoms with E-state index in [9.17, 15) is 4.79 Å². The highest BCUT2D eigenvalue weighted by Gasteiger charge is 2.26. The van der Waals surface area contributed by atoms with Crippen molar-refractivity contribution >= 4 is 17.9 Å². The predicted octanol–water partition coefficient (Wildman–Crippen LogP) is 2.76. The van der Waals surface area contributed by atoms with Crippen LogP contribution in [0, 0.1) is 0 Å². The normalized spacial score (nSPS) is 22.8. The van der Waals surface area contributed by atoms with Gasteiger partial charge in [-0.05, 0) is 42.5 Å². The average Bonchev–Trinajstić information content (AvgIpc) is 2.87. The first-order valence-electron chi connectivity index (χ1n) is 5.43. The van der Waals surface area contributed by atoms with Crippen molar-refractivity contribution in [2.24, 2.45) is 0 Å². The number of carbonyl (C=O) groups excluding carboxylic acids is 1. The number of fused-ring (bicyclic) bond motifs is 1. The maximum absolute atomic E-state index is 10.8. The van der Waals surface area contributed by atoms with Crippen molar-refractivity contribution in [3.05, 3.63) is 29.3 Å². The SMILES string of the molecule is O=C1OC[C@@H](Sc2ccc3c(c2)CCC3)O1. The van der Waals surface area contributed by atoms with Crippen LogP contribution in [0.1, 0.15) is 17.5 Å². The zero-order chi connectivity index (χ0) is 11.0. The topological polar surface area (TPSA) is 35.5 Å². The standard InChI is InChI=1S/C12H12O3S/c13-12-14-7-11(15-12)16-10-5-4-8-2-1-3-9(8)6-10/h4-6,11H,1-3,7H2/t11-/m1/s1. The lowest BCUT2D eigenvalue weighted by Gasteiger charge is -2.07. The number of ether oxygens (including phenoxy) is 2. The summed E-state index contributed by atoms with van der Waals surface area (Å²) in [6.07, 6.45) is 3.07. The molecule has 1 fully saturated rings. The number of hydrogen-bond acceptors (Lipinski definition) is 4. The largest absolute Gasteiger partial charge is 0.509 e. The van der Waals surface area contributed by atoms with Gasteiger partial charge in [-0.2, -0.15) is 0 Å². The highest BCUT2D eigenvalue weighted by molar-refractivity contribution is 7.99. The van der Waals surface area contributed by atoms with E-state index in [2.05, 4.69) is 18.2 Å². The van der Waals surface area contributed by atoms with Crippen molar-refractivity contribution in [1.82, 2.24) is 0 Å². The summed E-state index contributed by atoms with van der Waals surface area (Å²) in [5, 5.41) is 0. The fourth-order valence-corrected chi connectivity index (χ4v) is 3.07. The molecule has 0 bridgehead atoms. The molecule has 0 unspecified atom stereocenters. The molecule has 1 atom stereocenters. The van der Waals surface area contributed by atoms with Crippen molar-refractivity contribution in [3.63, 3.8) is 0 Å². The van der Waals surface area contributed by atoms with E-state index < -0.39 is 6.16 Å². The second-order valence-corrected chi connectivity index (χ2v) is 5.24. The van der Waals surface area contributed by atoms with E-state index in [1.54, 1.807) is 11.8 Å². The van der Waals surface area contributed by atoms with Gasteiger partial charge in [0.2, 0.25) is 0 Å². The quantitative estimate of drug-likeness (QED) is 0.740. The third-order valence-corrected chi connectivity index (χ3v) is 3.92. The number of cyclic esters (lactones) is 2. The lowest BCUT2D eigenvalue weighted by molar-refractivity contribution is 0.129. The van der Waals surface area contributed by atoms with Gasteiger partial charge in [0.25, 0.3) is 0 Å². The maximum atomic E-state index is 10.8. The van der Waals surface area contributed by atoms with Crippen LogP contribution in [0.5, 0.6) is 0 Å². The van der Waals surface area contributed by atoms with E-state index in [0.29, 0.717) is 6.61 Å².